The Balaban J connectivity index is 1.75. The third kappa shape index (κ3) is 4.86. The Morgan fingerprint density at radius 1 is 1.10 bits per heavy atom. The van der Waals surface area contributed by atoms with Crippen LogP contribution < -0.4 is 10.6 Å². The van der Waals surface area contributed by atoms with Gasteiger partial charge in [-0.2, -0.15) is 0 Å². The Hall–Kier alpha value is -3.38. The molecule has 3 aromatic heterocycles. The van der Waals surface area contributed by atoms with Crippen LogP contribution in [0.25, 0.3) is 0 Å². The summed E-state index contributed by atoms with van der Waals surface area (Å²) in [5, 5.41) is 7.44. The Morgan fingerprint density at radius 2 is 1.90 bits per heavy atom. The summed E-state index contributed by atoms with van der Waals surface area (Å²) in [4.78, 5) is 18.4. The van der Waals surface area contributed by atoms with Gasteiger partial charge in [0, 0.05) is 16.6 Å². The highest BCUT2D eigenvalue weighted by Crippen LogP contribution is 2.38. The Labute approximate surface area is 186 Å². The number of pyridine rings is 1. The number of hydrogen-bond acceptors (Lipinski definition) is 5. The van der Waals surface area contributed by atoms with Gasteiger partial charge in [-0.15, -0.1) is 11.3 Å². The number of amides is 1. The lowest BCUT2D eigenvalue weighted by Crippen LogP contribution is -2.17. The van der Waals surface area contributed by atoms with Crippen LogP contribution in [0.2, 0.25) is 0 Å². The van der Waals surface area contributed by atoms with Gasteiger partial charge in [0.2, 0.25) is 0 Å². The first-order chi connectivity index (χ1) is 15.0. The van der Waals surface area contributed by atoms with E-state index in [2.05, 4.69) is 59.8 Å². The first kappa shape index (κ1) is 20.9. The molecule has 1 unspecified atom stereocenters. The van der Waals surface area contributed by atoms with Gasteiger partial charge in [0.1, 0.15) is 10.8 Å². The van der Waals surface area contributed by atoms with Crippen molar-refractivity contribution in [3.8, 4) is 0 Å². The average molecular weight is 432 g/mol. The number of thiophene rings is 1. The zero-order valence-corrected chi connectivity index (χ0v) is 18.6. The second-order valence-electron chi connectivity index (χ2n) is 7.49. The number of carbonyl (C=O) groups is 1. The first-order valence-corrected chi connectivity index (χ1v) is 11.1. The number of anilines is 2. The molecule has 0 radical (unpaired) electrons. The van der Waals surface area contributed by atoms with Gasteiger partial charge in [-0.25, -0.2) is 4.98 Å². The van der Waals surface area contributed by atoms with E-state index in [-0.39, 0.29) is 17.7 Å². The number of furan rings is 1. The molecule has 4 rings (SSSR count). The molecule has 31 heavy (non-hydrogen) atoms. The standard InChI is InChI=1S/C25H25N3O2S/c1-4-19-15-20(25(31-19)28-24(29)21-6-5-13-30-21)23(18-9-7-16(2)8-10-18)27-22-14-17(3)11-12-26-22/h5-15,23H,4H2,1-3H3,(H,26,27)(H,28,29). The summed E-state index contributed by atoms with van der Waals surface area (Å²) in [7, 11) is 0. The maximum atomic E-state index is 12.7. The van der Waals surface area contributed by atoms with Gasteiger partial charge in [0.15, 0.2) is 5.76 Å². The molecule has 0 bridgehead atoms. The van der Waals surface area contributed by atoms with Crippen molar-refractivity contribution in [3.05, 3.63) is 99.9 Å². The molecule has 0 spiro atoms. The summed E-state index contributed by atoms with van der Waals surface area (Å²) in [5.41, 5.74) is 4.44. The molecule has 0 saturated carbocycles. The van der Waals surface area contributed by atoms with E-state index in [9.17, 15) is 4.79 Å². The predicted molar refractivity (Wildman–Crippen MR) is 126 cm³/mol. The van der Waals surface area contributed by atoms with Crippen molar-refractivity contribution in [2.75, 3.05) is 10.6 Å². The van der Waals surface area contributed by atoms with Crippen molar-refractivity contribution in [2.45, 2.75) is 33.2 Å². The zero-order chi connectivity index (χ0) is 21.8. The number of benzene rings is 1. The van der Waals surface area contributed by atoms with Crippen LogP contribution in [0, 0.1) is 13.8 Å². The van der Waals surface area contributed by atoms with Gasteiger partial charge >= 0.3 is 0 Å². The van der Waals surface area contributed by atoms with Crippen LogP contribution >= 0.6 is 11.3 Å². The van der Waals surface area contributed by atoms with E-state index in [1.165, 1.54) is 16.7 Å². The number of nitrogens with zero attached hydrogens (tertiary/aromatic N) is 1. The summed E-state index contributed by atoms with van der Waals surface area (Å²) in [5.74, 6) is 0.822. The molecule has 0 fully saturated rings. The predicted octanol–water partition coefficient (Wildman–Crippen LogP) is 6.37. The van der Waals surface area contributed by atoms with Crippen molar-refractivity contribution in [3.63, 3.8) is 0 Å². The van der Waals surface area contributed by atoms with E-state index in [0.717, 1.165) is 33.9 Å². The lowest BCUT2D eigenvalue weighted by Gasteiger charge is -2.21. The fraction of sp³-hybridized carbons (Fsp3) is 0.200. The van der Waals surface area contributed by atoms with Crippen LogP contribution in [0.1, 0.15) is 50.7 Å². The van der Waals surface area contributed by atoms with Crippen molar-refractivity contribution in [1.29, 1.82) is 0 Å². The lowest BCUT2D eigenvalue weighted by molar-refractivity contribution is 0.0997. The van der Waals surface area contributed by atoms with Crippen molar-refractivity contribution >= 4 is 28.1 Å². The number of hydrogen-bond donors (Lipinski definition) is 2. The molecule has 0 aliphatic heterocycles. The Bertz CT molecular complexity index is 1160. The zero-order valence-electron chi connectivity index (χ0n) is 17.8. The summed E-state index contributed by atoms with van der Waals surface area (Å²) >= 11 is 1.59. The highest BCUT2D eigenvalue weighted by Gasteiger charge is 2.23. The van der Waals surface area contributed by atoms with Crippen molar-refractivity contribution in [2.24, 2.45) is 0 Å². The minimum Gasteiger partial charge on any atom is -0.459 e. The van der Waals surface area contributed by atoms with Crippen LogP contribution in [-0.2, 0) is 6.42 Å². The fourth-order valence-electron chi connectivity index (χ4n) is 3.38. The number of aryl methyl sites for hydroxylation is 3. The van der Waals surface area contributed by atoms with Gasteiger partial charge in [-0.05, 0) is 61.7 Å². The van der Waals surface area contributed by atoms with Crippen LogP contribution in [0.15, 0.2) is 71.5 Å². The molecule has 0 aliphatic carbocycles. The van der Waals surface area contributed by atoms with Crippen molar-refractivity contribution in [1.82, 2.24) is 4.98 Å². The second kappa shape index (κ2) is 9.18. The molecule has 4 aromatic rings. The smallest absolute Gasteiger partial charge is 0.291 e. The summed E-state index contributed by atoms with van der Waals surface area (Å²) < 4.78 is 5.27. The molecule has 5 nitrogen and oxygen atoms in total. The van der Waals surface area contributed by atoms with Crippen LogP contribution in [0.5, 0.6) is 0 Å². The largest absolute Gasteiger partial charge is 0.459 e. The van der Waals surface area contributed by atoms with E-state index in [1.54, 1.807) is 29.7 Å². The Morgan fingerprint density at radius 3 is 2.58 bits per heavy atom. The maximum absolute atomic E-state index is 12.7. The SMILES string of the molecule is CCc1cc(C(Nc2cc(C)ccn2)c2ccc(C)cc2)c(NC(=O)c2ccco2)s1. The van der Waals surface area contributed by atoms with Crippen molar-refractivity contribution < 1.29 is 9.21 Å². The molecule has 6 heteroatoms. The van der Waals surface area contributed by atoms with Gasteiger partial charge in [-0.3, -0.25) is 4.79 Å². The minimum absolute atomic E-state index is 0.168. The number of rotatable bonds is 7. The summed E-state index contributed by atoms with van der Waals surface area (Å²) in [6.07, 6.45) is 4.19. The second-order valence-corrected chi connectivity index (χ2v) is 8.63. The van der Waals surface area contributed by atoms with Crippen LogP contribution in [-0.4, -0.2) is 10.9 Å². The minimum atomic E-state index is -0.257. The fourth-order valence-corrected chi connectivity index (χ4v) is 4.41. The highest BCUT2D eigenvalue weighted by molar-refractivity contribution is 7.16. The van der Waals surface area contributed by atoms with Gasteiger partial charge < -0.3 is 15.1 Å². The normalized spacial score (nSPS) is 11.8. The van der Waals surface area contributed by atoms with E-state index in [4.69, 9.17) is 4.42 Å². The lowest BCUT2D eigenvalue weighted by atomic mass is 9.98. The molecule has 1 amide bonds. The molecule has 0 saturated heterocycles. The third-order valence-electron chi connectivity index (χ3n) is 5.06. The van der Waals surface area contributed by atoms with E-state index in [1.807, 2.05) is 19.1 Å². The topological polar surface area (TPSA) is 67.2 Å². The van der Waals surface area contributed by atoms with Crippen LogP contribution in [0.4, 0.5) is 10.8 Å². The highest BCUT2D eigenvalue weighted by atomic mass is 32.1. The molecule has 3 heterocycles. The number of carbonyl (C=O) groups excluding carboxylic acids is 1. The molecule has 0 aliphatic rings. The van der Waals surface area contributed by atoms with Gasteiger partial charge in [-0.1, -0.05) is 36.8 Å². The molecular weight excluding hydrogens is 406 g/mol. The average Bonchev–Trinajstić information content (AvgIpc) is 3.43. The maximum Gasteiger partial charge on any atom is 0.291 e. The molecule has 2 N–H and O–H groups in total. The van der Waals surface area contributed by atoms with E-state index >= 15 is 0 Å². The molecule has 1 atom stereocenters. The van der Waals surface area contributed by atoms with E-state index < -0.39 is 0 Å². The van der Waals surface area contributed by atoms with E-state index in [0.29, 0.717) is 0 Å². The summed E-state index contributed by atoms with van der Waals surface area (Å²) in [6.45, 7) is 6.23. The quantitative estimate of drug-likeness (QED) is 0.357. The van der Waals surface area contributed by atoms with Crippen LogP contribution in [0.3, 0.4) is 0 Å². The summed E-state index contributed by atoms with van der Waals surface area (Å²) in [6, 6.07) is 17.8. The number of aromatic nitrogens is 1. The monoisotopic (exact) mass is 431 g/mol. The van der Waals surface area contributed by atoms with Gasteiger partial charge in [0.25, 0.3) is 5.91 Å². The Kier molecular flexibility index (Phi) is 6.18. The molecule has 1 aromatic carbocycles. The molecule has 158 valence electrons. The van der Waals surface area contributed by atoms with Gasteiger partial charge in [0.05, 0.1) is 12.3 Å². The first-order valence-electron chi connectivity index (χ1n) is 10.3. The molecular formula is C25H25N3O2S. The number of nitrogens with one attached hydrogen (secondary N) is 2. The third-order valence-corrected chi connectivity index (χ3v) is 6.27.